The summed E-state index contributed by atoms with van der Waals surface area (Å²) in [7, 11) is 1.70. The van der Waals surface area contributed by atoms with E-state index in [0.29, 0.717) is 6.04 Å². The first kappa shape index (κ1) is 13.5. The highest BCUT2D eigenvalue weighted by atomic mass is 32.1. The molecule has 1 saturated carbocycles. The van der Waals surface area contributed by atoms with Crippen LogP contribution in [-0.4, -0.2) is 17.3 Å². The maximum atomic E-state index is 5.22. The lowest BCUT2D eigenvalue weighted by molar-refractivity contribution is 0.413. The summed E-state index contributed by atoms with van der Waals surface area (Å²) in [5.41, 5.74) is 1.33. The van der Waals surface area contributed by atoms with Gasteiger partial charge >= 0.3 is 0 Å². The number of benzene rings is 1. The lowest BCUT2D eigenvalue weighted by Gasteiger charge is -2.18. The molecule has 1 N–H and O–H groups in total. The number of nitrogens with zero attached hydrogens (tertiary/aromatic N) is 2. The monoisotopic (exact) mass is 289 g/mol. The average molecular weight is 289 g/mol. The van der Waals surface area contributed by atoms with Gasteiger partial charge in [-0.2, -0.15) is 0 Å². The Morgan fingerprint density at radius 3 is 2.60 bits per heavy atom. The molecule has 1 aliphatic rings. The van der Waals surface area contributed by atoms with Crippen LogP contribution in [0.3, 0.4) is 0 Å². The van der Waals surface area contributed by atoms with E-state index in [0.717, 1.165) is 28.2 Å². The van der Waals surface area contributed by atoms with Crippen molar-refractivity contribution in [3.8, 4) is 5.75 Å². The Balaban J connectivity index is 1.68. The summed E-state index contributed by atoms with van der Waals surface area (Å²) in [4.78, 5) is 0. The predicted octanol–water partition coefficient (Wildman–Crippen LogP) is 3.10. The molecule has 1 aliphatic carbocycles. The molecule has 5 heteroatoms. The molecule has 20 heavy (non-hydrogen) atoms. The summed E-state index contributed by atoms with van der Waals surface area (Å²) >= 11 is 1.66. The molecule has 4 nitrogen and oxygen atoms in total. The zero-order chi connectivity index (χ0) is 13.9. The molecule has 1 heterocycles. The Hall–Kier alpha value is -1.46. The van der Waals surface area contributed by atoms with Crippen molar-refractivity contribution in [1.29, 1.82) is 0 Å². The largest absolute Gasteiger partial charge is 0.497 e. The number of ether oxygens (including phenoxy) is 1. The van der Waals surface area contributed by atoms with Crippen molar-refractivity contribution in [2.24, 2.45) is 5.92 Å². The van der Waals surface area contributed by atoms with E-state index in [1.807, 2.05) is 19.1 Å². The first-order valence-corrected chi connectivity index (χ1v) is 7.74. The van der Waals surface area contributed by atoms with Crippen molar-refractivity contribution in [2.45, 2.75) is 32.4 Å². The van der Waals surface area contributed by atoms with Crippen LogP contribution < -0.4 is 10.1 Å². The van der Waals surface area contributed by atoms with Crippen molar-refractivity contribution >= 4 is 11.3 Å². The standard InChI is InChI=1S/C15H19N3OS/c1-10-17-18-14(20-10)9-16-15(11-3-4-11)12-5-7-13(19-2)8-6-12/h5-8,11,15-16H,3-4,9H2,1-2H3/t15-/m1/s1. The summed E-state index contributed by atoms with van der Waals surface area (Å²) in [6, 6.07) is 8.77. The van der Waals surface area contributed by atoms with E-state index in [1.165, 1.54) is 18.4 Å². The second kappa shape index (κ2) is 5.89. The highest BCUT2D eigenvalue weighted by molar-refractivity contribution is 7.11. The second-order valence-electron chi connectivity index (χ2n) is 5.18. The highest BCUT2D eigenvalue weighted by Crippen LogP contribution is 2.41. The number of aromatic nitrogens is 2. The van der Waals surface area contributed by atoms with Crippen molar-refractivity contribution in [2.75, 3.05) is 7.11 Å². The van der Waals surface area contributed by atoms with Gasteiger partial charge in [-0.05, 0) is 43.4 Å². The van der Waals surface area contributed by atoms with E-state index in [1.54, 1.807) is 18.4 Å². The molecular weight excluding hydrogens is 270 g/mol. The Labute approximate surface area is 123 Å². The maximum absolute atomic E-state index is 5.22. The van der Waals surface area contributed by atoms with Crippen LogP contribution in [0.2, 0.25) is 0 Å². The lowest BCUT2D eigenvalue weighted by Crippen LogP contribution is -2.22. The van der Waals surface area contributed by atoms with E-state index >= 15 is 0 Å². The average Bonchev–Trinajstić information content (AvgIpc) is 3.22. The number of rotatable bonds is 6. The van der Waals surface area contributed by atoms with Crippen LogP contribution in [0.15, 0.2) is 24.3 Å². The van der Waals surface area contributed by atoms with Gasteiger partial charge in [0.25, 0.3) is 0 Å². The van der Waals surface area contributed by atoms with Crippen LogP contribution >= 0.6 is 11.3 Å². The topological polar surface area (TPSA) is 47.0 Å². The van der Waals surface area contributed by atoms with E-state index in [4.69, 9.17) is 4.74 Å². The molecule has 0 aliphatic heterocycles. The van der Waals surface area contributed by atoms with Gasteiger partial charge in [0.15, 0.2) is 0 Å². The second-order valence-corrected chi connectivity index (χ2v) is 6.45. The molecule has 0 unspecified atom stereocenters. The van der Waals surface area contributed by atoms with Gasteiger partial charge in [-0.1, -0.05) is 12.1 Å². The molecule has 0 amide bonds. The summed E-state index contributed by atoms with van der Waals surface area (Å²) in [6.07, 6.45) is 2.61. The molecule has 106 valence electrons. The normalized spacial score (nSPS) is 16.1. The van der Waals surface area contributed by atoms with Gasteiger partial charge in [-0.3, -0.25) is 0 Å². The highest BCUT2D eigenvalue weighted by Gasteiger charge is 2.32. The minimum absolute atomic E-state index is 0.408. The molecule has 2 aromatic rings. The van der Waals surface area contributed by atoms with Crippen LogP contribution in [0.1, 0.15) is 34.5 Å². The van der Waals surface area contributed by atoms with Crippen molar-refractivity contribution in [3.05, 3.63) is 39.8 Å². The van der Waals surface area contributed by atoms with Gasteiger partial charge < -0.3 is 10.1 Å². The van der Waals surface area contributed by atoms with Gasteiger partial charge in [0.2, 0.25) is 0 Å². The SMILES string of the molecule is COc1ccc([C@H](NCc2nnc(C)s2)C2CC2)cc1. The van der Waals surface area contributed by atoms with Gasteiger partial charge in [-0.25, -0.2) is 0 Å². The number of hydrogen-bond acceptors (Lipinski definition) is 5. The van der Waals surface area contributed by atoms with Crippen LogP contribution in [0.4, 0.5) is 0 Å². The van der Waals surface area contributed by atoms with Crippen LogP contribution in [0, 0.1) is 12.8 Å². The molecule has 1 aromatic carbocycles. The number of aryl methyl sites for hydroxylation is 1. The zero-order valence-electron chi connectivity index (χ0n) is 11.8. The van der Waals surface area contributed by atoms with E-state index < -0.39 is 0 Å². The van der Waals surface area contributed by atoms with Crippen molar-refractivity contribution in [1.82, 2.24) is 15.5 Å². The van der Waals surface area contributed by atoms with Gasteiger partial charge in [-0.15, -0.1) is 21.5 Å². The molecule has 1 fully saturated rings. The predicted molar refractivity (Wildman–Crippen MR) is 79.9 cm³/mol. The van der Waals surface area contributed by atoms with Crippen molar-refractivity contribution < 1.29 is 4.74 Å². The minimum atomic E-state index is 0.408. The molecular formula is C15H19N3OS. The Morgan fingerprint density at radius 2 is 2.05 bits per heavy atom. The molecule has 1 atom stereocenters. The zero-order valence-corrected chi connectivity index (χ0v) is 12.6. The van der Waals surface area contributed by atoms with E-state index in [2.05, 4.69) is 27.6 Å². The number of methoxy groups -OCH3 is 1. The third kappa shape index (κ3) is 3.16. The van der Waals surface area contributed by atoms with E-state index in [-0.39, 0.29) is 0 Å². The minimum Gasteiger partial charge on any atom is -0.497 e. The molecule has 1 aromatic heterocycles. The van der Waals surface area contributed by atoms with Crippen LogP contribution in [0.5, 0.6) is 5.75 Å². The Bertz CT molecular complexity index is 563. The quantitative estimate of drug-likeness (QED) is 0.887. The van der Waals surface area contributed by atoms with Crippen LogP contribution in [-0.2, 0) is 6.54 Å². The molecule has 0 radical (unpaired) electrons. The first-order valence-electron chi connectivity index (χ1n) is 6.92. The third-order valence-electron chi connectivity index (χ3n) is 3.61. The number of nitrogens with one attached hydrogen (secondary N) is 1. The summed E-state index contributed by atoms with van der Waals surface area (Å²) in [6.45, 7) is 2.78. The smallest absolute Gasteiger partial charge is 0.131 e. The van der Waals surface area contributed by atoms with Crippen molar-refractivity contribution in [3.63, 3.8) is 0 Å². The fraction of sp³-hybridized carbons (Fsp3) is 0.467. The fourth-order valence-corrected chi connectivity index (χ4v) is 3.06. The maximum Gasteiger partial charge on any atom is 0.131 e. The number of hydrogen-bond donors (Lipinski definition) is 1. The molecule has 0 bridgehead atoms. The Morgan fingerprint density at radius 1 is 1.30 bits per heavy atom. The van der Waals surface area contributed by atoms with Gasteiger partial charge in [0, 0.05) is 6.04 Å². The molecule has 3 rings (SSSR count). The lowest BCUT2D eigenvalue weighted by atomic mass is 10.0. The Kier molecular flexibility index (Phi) is 3.98. The van der Waals surface area contributed by atoms with Gasteiger partial charge in [0.1, 0.15) is 15.8 Å². The fourth-order valence-electron chi connectivity index (χ4n) is 2.40. The summed E-state index contributed by atoms with van der Waals surface area (Å²) in [5, 5.41) is 13.9. The molecule has 0 saturated heterocycles. The summed E-state index contributed by atoms with van der Waals surface area (Å²) in [5.74, 6) is 1.65. The summed E-state index contributed by atoms with van der Waals surface area (Å²) < 4.78 is 5.22. The van der Waals surface area contributed by atoms with Crippen LogP contribution in [0.25, 0.3) is 0 Å². The van der Waals surface area contributed by atoms with Gasteiger partial charge in [0.05, 0.1) is 13.7 Å². The molecule has 0 spiro atoms. The first-order chi connectivity index (χ1) is 9.76. The van der Waals surface area contributed by atoms with E-state index in [9.17, 15) is 0 Å². The third-order valence-corrected chi connectivity index (χ3v) is 4.45.